The van der Waals surface area contributed by atoms with Gasteiger partial charge in [-0.3, -0.25) is 9.88 Å². The number of benzene rings is 1. The third-order valence-corrected chi connectivity index (χ3v) is 5.09. The second-order valence-electron chi connectivity index (χ2n) is 5.88. The number of pyridine rings is 1. The Balaban J connectivity index is 1.55. The Morgan fingerprint density at radius 3 is 2.67 bits per heavy atom. The molecule has 2 heterocycles. The second-order valence-corrected chi connectivity index (χ2v) is 7.04. The molecular formula is C18H21IN4O. The number of anilines is 1. The molecule has 1 aliphatic rings. The molecule has 1 saturated heterocycles. The lowest BCUT2D eigenvalue weighted by Crippen LogP contribution is -2.38. The third kappa shape index (κ3) is 4.67. The maximum atomic E-state index is 12.5. The predicted octanol–water partition coefficient (Wildman–Crippen LogP) is 3.43. The maximum Gasteiger partial charge on any atom is 0.321 e. The highest BCUT2D eigenvalue weighted by atomic mass is 127. The van der Waals surface area contributed by atoms with Gasteiger partial charge in [0.25, 0.3) is 0 Å². The Hall–Kier alpha value is -1.67. The fourth-order valence-electron chi connectivity index (χ4n) is 2.84. The molecule has 126 valence electrons. The standard InChI is InChI=1S/C18H21IN4O/c19-16-4-1-2-5-17(16)21-18(24)23-11-3-10-22(12-13-23)14-15-6-8-20-9-7-15/h1-2,4-9H,3,10-14H2,(H,21,24). The van der Waals surface area contributed by atoms with Crippen LogP contribution in [0.3, 0.4) is 0 Å². The predicted molar refractivity (Wildman–Crippen MR) is 104 cm³/mol. The number of nitrogens with zero attached hydrogens (tertiary/aromatic N) is 3. The van der Waals surface area contributed by atoms with E-state index >= 15 is 0 Å². The maximum absolute atomic E-state index is 12.5. The Bertz CT molecular complexity index is 680. The van der Waals surface area contributed by atoms with Crippen molar-refractivity contribution in [2.45, 2.75) is 13.0 Å². The molecule has 3 rings (SSSR count). The van der Waals surface area contributed by atoms with Gasteiger partial charge in [0.15, 0.2) is 0 Å². The zero-order valence-corrected chi connectivity index (χ0v) is 15.6. The highest BCUT2D eigenvalue weighted by Crippen LogP contribution is 2.18. The summed E-state index contributed by atoms with van der Waals surface area (Å²) in [4.78, 5) is 20.9. The van der Waals surface area contributed by atoms with Gasteiger partial charge >= 0.3 is 6.03 Å². The van der Waals surface area contributed by atoms with E-state index in [1.54, 1.807) is 0 Å². The summed E-state index contributed by atoms with van der Waals surface area (Å²) >= 11 is 2.24. The highest BCUT2D eigenvalue weighted by Gasteiger charge is 2.19. The van der Waals surface area contributed by atoms with Crippen molar-refractivity contribution in [1.82, 2.24) is 14.8 Å². The fourth-order valence-corrected chi connectivity index (χ4v) is 3.36. The molecule has 1 aromatic heterocycles. The van der Waals surface area contributed by atoms with Gasteiger partial charge < -0.3 is 10.2 Å². The molecule has 1 fully saturated rings. The molecule has 0 unspecified atom stereocenters. The smallest absolute Gasteiger partial charge is 0.321 e. The first-order chi connectivity index (χ1) is 11.7. The van der Waals surface area contributed by atoms with E-state index in [4.69, 9.17) is 0 Å². The van der Waals surface area contributed by atoms with Crippen LogP contribution in [0.1, 0.15) is 12.0 Å². The SMILES string of the molecule is O=C(Nc1ccccc1I)N1CCCN(Cc2ccncc2)CC1. The summed E-state index contributed by atoms with van der Waals surface area (Å²) in [6.45, 7) is 4.35. The van der Waals surface area contributed by atoms with Gasteiger partial charge in [0.05, 0.1) is 5.69 Å². The van der Waals surface area contributed by atoms with Gasteiger partial charge in [-0.15, -0.1) is 0 Å². The molecule has 2 aromatic rings. The average Bonchev–Trinajstić information content (AvgIpc) is 2.83. The Labute approximate surface area is 156 Å². The molecular weight excluding hydrogens is 415 g/mol. The van der Waals surface area contributed by atoms with Crippen molar-refractivity contribution in [3.63, 3.8) is 0 Å². The van der Waals surface area contributed by atoms with E-state index in [1.165, 1.54) is 5.56 Å². The lowest BCUT2D eigenvalue weighted by atomic mass is 10.2. The van der Waals surface area contributed by atoms with Crippen molar-refractivity contribution in [3.05, 3.63) is 57.9 Å². The normalized spacial score (nSPS) is 15.8. The van der Waals surface area contributed by atoms with Crippen LogP contribution in [-0.2, 0) is 6.54 Å². The summed E-state index contributed by atoms with van der Waals surface area (Å²) in [7, 11) is 0. The zero-order valence-electron chi connectivity index (χ0n) is 13.5. The van der Waals surface area contributed by atoms with Gasteiger partial charge in [0.1, 0.15) is 0 Å². The number of halogens is 1. The van der Waals surface area contributed by atoms with Gasteiger partial charge in [-0.1, -0.05) is 12.1 Å². The lowest BCUT2D eigenvalue weighted by Gasteiger charge is -2.22. The summed E-state index contributed by atoms with van der Waals surface area (Å²) in [5, 5.41) is 3.02. The molecule has 2 amide bonds. The number of hydrogen-bond acceptors (Lipinski definition) is 3. The second kappa shape index (κ2) is 8.43. The van der Waals surface area contributed by atoms with E-state index in [1.807, 2.05) is 53.7 Å². The first kappa shape index (κ1) is 17.2. The number of amides is 2. The molecule has 0 atom stereocenters. The minimum Gasteiger partial charge on any atom is -0.323 e. The highest BCUT2D eigenvalue weighted by molar-refractivity contribution is 14.1. The van der Waals surface area contributed by atoms with E-state index in [0.29, 0.717) is 0 Å². The fraction of sp³-hybridized carbons (Fsp3) is 0.333. The van der Waals surface area contributed by atoms with Gasteiger partial charge in [-0.2, -0.15) is 0 Å². The van der Waals surface area contributed by atoms with Crippen molar-refractivity contribution in [2.24, 2.45) is 0 Å². The molecule has 0 saturated carbocycles. The van der Waals surface area contributed by atoms with Gasteiger partial charge in [-0.05, 0) is 58.8 Å². The average molecular weight is 436 g/mol. The molecule has 0 aliphatic carbocycles. The first-order valence-corrected chi connectivity index (χ1v) is 9.22. The van der Waals surface area contributed by atoms with Crippen LogP contribution < -0.4 is 5.32 Å². The quantitative estimate of drug-likeness (QED) is 0.751. The van der Waals surface area contributed by atoms with Crippen molar-refractivity contribution in [1.29, 1.82) is 0 Å². The number of carbonyl (C=O) groups excluding carboxylic acids is 1. The van der Waals surface area contributed by atoms with Crippen LogP contribution in [0.2, 0.25) is 0 Å². The molecule has 1 aromatic carbocycles. The third-order valence-electron chi connectivity index (χ3n) is 4.15. The van der Waals surface area contributed by atoms with Crippen LogP contribution in [0, 0.1) is 3.57 Å². The number of urea groups is 1. The number of aromatic nitrogens is 1. The Kier molecular flexibility index (Phi) is 6.03. The number of carbonyl (C=O) groups is 1. The van der Waals surface area contributed by atoms with E-state index < -0.39 is 0 Å². The van der Waals surface area contributed by atoms with E-state index in [-0.39, 0.29) is 6.03 Å². The number of hydrogen-bond donors (Lipinski definition) is 1. The van der Waals surface area contributed by atoms with Crippen LogP contribution in [-0.4, -0.2) is 47.0 Å². The summed E-state index contributed by atoms with van der Waals surface area (Å²) < 4.78 is 1.05. The topological polar surface area (TPSA) is 48.5 Å². The molecule has 1 aliphatic heterocycles. The van der Waals surface area contributed by atoms with Crippen LogP contribution in [0.25, 0.3) is 0 Å². The van der Waals surface area contributed by atoms with Crippen LogP contribution >= 0.6 is 22.6 Å². The largest absolute Gasteiger partial charge is 0.323 e. The van der Waals surface area contributed by atoms with Crippen molar-refractivity contribution < 1.29 is 4.79 Å². The Morgan fingerprint density at radius 2 is 1.88 bits per heavy atom. The molecule has 0 spiro atoms. The molecule has 24 heavy (non-hydrogen) atoms. The number of nitrogens with one attached hydrogen (secondary N) is 1. The monoisotopic (exact) mass is 436 g/mol. The van der Waals surface area contributed by atoms with Crippen molar-refractivity contribution in [2.75, 3.05) is 31.5 Å². The van der Waals surface area contributed by atoms with Crippen LogP contribution in [0.4, 0.5) is 10.5 Å². The summed E-state index contributed by atoms with van der Waals surface area (Å²) in [6.07, 6.45) is 4.65. The summed E-state index contributed by atoms with van der Waals surface area (Å²) in [5.74, 6) is 0. The van der Waals surface area contributed by atoms with Crippen molar-refractivity contribution in [3.8, 4) is 0 Å². The first-order valence-electron chi connectivity index (χ1n) is 8.14. The summed E-state index contributed by atoms with van der Waals surface area (Å²) in [5.41, 5.74) is 2.14. The van der Waals surface area contributed by atoms with E-state index in [2.05, 4.69) is 37.8 Å². The number of para-hydroxylation sites is 1. The number of rotatable bonds is 3. The minimum atomic E-state index is -0.00937. The van der Waals surface area contributed by atoms with Gasteiger partial charge in [-0.25, -0.2) is 4.79 Å². The lowest BCUT2D eigenvalue weighted by molar-refractivity contribution is 0.211. The molecule has 1 N–H and O–H groups in total. The zero-order chi connectivity index (χ0) is 16.8. The Morgan fingerprint density at radius 1 is 1.08 bits per heavy atom. The van der Waals surface area contributed by atoms with Crippen LogP contribution in [0.5, 0.6) is 0 Å². The molecule has 0 radical (unpaired) electrons. The molecule has 5 nitrogen and oxygen atoms in total. The van der Waals surface area contributed by atoms with E-state index in [0.717, 1.165) is 48.4 Å². The molecule has 0 bridgehead atoms. The minimum absolute atomic E-state index is 0.00937. The molecule has 6 heteroatoms. The van der Waals surface area contributed by atoms with Crippen LogP contribution in [0.15, 0.2) is 48.8 Å². The van der Waals surface area contributed by atoms with Gasteiger partial charge in [0.2, 0.25) is 0 Å². The van der Waals surface area contributed by atoms with Gasteiger partial charge in [0, 0.05) is 48.7 Å². The summed E-state index contributed by atoms with van der Waals surface area (Å²) in [6, 6.07) is 11.9. The van der Waals surface area contributed by atoms with E-state index in [9.17, 15) is 4.79 Å². The van der Waals surface area contributed by atoms with Crippen molar-refractivity contribution >= 4 is 34.3 Å².